The van der Waals surface area contributed by atoms with Gasteiger partial charge in [0.25, 0.3) is 0 Å². The minimum atomic E-state index is -0.991. The standard InChI is InChI=1S/C19H35NO4/c1-3-4-5-6-7-8-9-10-11-12-13-17(19(23)24)14-18(22)20-15-16(2)21/h12-13,16-17,21H,3-11,14-15H2,1-2H3,(H,20,22)(H,23,24). The molecule has 2 atom stereocenters. The van der Waals surface area contributed by atoms with Gasteiger partial charge in [-0.1, -0.05) is 64.0 Å². The number of rotatable bonds is 15. The summed E-state index contributed by atoms with van der Waals surface area (Å²) < 4.78 is 0. The van der Waals surface area contributed by atoms with E-state index in [1.807, 2.05) is 6.08 Å². The second kappa shape index (κ2) is 15.2. The van der Waals surface area contributed by atoms with Crippen LogP contribution in [-0.4, -0.2) is 34.7 Å². The summed E-state index contributed by atoms with van der Waals surface area (Å²) in [7, 11) is 0. The van der Waals surface area contributed by atoms with E-state index in [-0.39, 0.29) is 18.9 Å². The molecule has 0 aliphatic rings. The fraction of sp³-hybridized carbons (Fsp3) is 0.789. The molecule has 0 aliphatic heterocycles. The Morgan fingerprint density at radius 3 is 2.17 bits per heavy atom. The first-order valence-corrected chi connectivity index (χ1v) is 9.31. The Hall–Kier alpha value is -1.36. The lowest BCUT2D eigenvalue weighted by atomic mass is 10.0. The van der Waals surface area contributed by atoms with Crippen LogP contribution in [0.5, 0.6) is 0 Å². The van der Waals surface area contributed by atoms with Crippen molar-refractivity contribution in [3.8, 4) is 0 Å². The van der Waals surface area contributed by atoms with Gasteiger partial charge in [-0.25, -0.2) is 0 Å². The minimum Gasteiger partial charge on any atom is -0.481 e. The molecule has 0 radical (unpaired) electrons. The number of carbonyl (C=O) groups excluding carboxylic acids is 1. The van der Waals surface area contributed by atoms with E-state index in [4.69, 9.17) is 10.2 Å². The highest BCUT2D eigenvalue weighted by molar-refractivity contribution is 5.83. The quantitative estimate of drug-likeness (QED) is 0.313. The summed E-state index contributed by atoms with van der Waals surface area (Å²) >= 11 is 0. The molecule has 5 nitrogen and oxygen atoms in total. The summed E-state index contributed by atoms with van der Waals surface area (Å²) in [6.45, 7) is 3.93. The van der Waals surface area contributed by atoms with Crippen molar-refractivity contribution in [2.45, 2.75) is 84.2 Å². The number of aliphatic hydroxyl groups excluding tert-OH is 1. The van der Waals surface area contributed by atoms with Crippen molar-refractivity contribution in [2.24, 2.45) is 5.92 Å². The van der Waals surface area contributed by atoms with Gasteiger partial charge in [0.1, 0.15) is 0 Å². The number of carboxylic acid groups (broad SMARTS) is 1. The average molecular weight is 341 g/mol. The molecule has 2 unspecified atom stereocenters. The summed E-state index contributed by atoms with van der Waals surface area (Å²) in [6, 6.07) is 0. The molecule has 0 bridgehead atoms. The second-order valence-corrected chi connectivity index (χ2v) is 6.49. The van der Waals surface area contributed by atoms with Gasteiger partial charge in [0.2, 0.25) is 5.91 Å². The Labute approximate surface area is 146 Å². The Kier molecular flexibility index (Phi) is 14.3. The first kappa shape index (κ1) is 22.6. The van der Waals surface area contributed by atoms with Gasteiger partial charge >= 0.3 is 5.97 Å². The third kappa shape index (κ3) is 14.2. The van der Waals surface area contributed by atoms with Crippen LogP contribution in [0.15, 0.2) is 12.2 Å². The van der Waals surface area contributed by atoms with Crippen molar-refractivity contribution in [1.82, 2.24) is 5.32 Å². The molecule has 0 saturated carbocycles. The van der Waals surface area contributed by atoms with E-state index in [1.54, 1.807) is 13.0 Å². The number of amides is 1. The van der Waals surface area contributed by atoms with Crippen LogP contribution in [0.2, 0.25) is 0 Å². The van der Waals surface area contributed by atoms with Crippen LogP contribution in [-0.2, 0) is 9.59 Å². The van der Waals surface area contributed by atoms with Gasteiger partial charge < -0.3 is 15.5 Å². The van der Waals surface area contributed by atoms with Gasteiger partial charge in [0, 0.05) is 13.0 Å². The van der Waals surface area contributed by atoms with Gasteiger partial charge in [-0.3, -0.25) is 9.59 Å². The van der Waals surface area contributed by atoms with Gasteiger partial charge in [0.15, 0.2) is 0 Å². The number of carboxylic acids is 1. The lowest BCUT2D eigenvalue weighted by Gasteiger charge is -2.10. The van der Waals surface area contributed by atoms with Gasteiger partial charge in [-0.2, -0.15) is 0 Å². The number of unbranched alkanes of at least 4 members (excludes halogenated alkanes) is 8. The maximum Gasteiger partial charge on any atom is 0.310 e. The first-order chi connectivity index (χ1) is 11.5. The summed E-state index contributed by atoms with van der Waals surface area (Å²) in [5.41, 5.74) is 0. The highest BCUT2D eigenvalue weighted by Gasteiger charge is 2.18. The minimum absolute atomic E-state index is 0.0873. The van der Waals surface area contributed by atoms with Crippen molar-refractivity contribution in [2.75, 3.05) is 6.54 Å². The van der Waals surface area contributed by atoms with Gasteiger partial charge in [0.05, 0.1) is 12.0 Å². The van der Waals surface area contributed by atoms with E-state index >= 15 is 0 Å². The second-order valence-electron chi connectivity index (χ2n) is 6.49. The Balaban J connectivity index is 3.84. The summed E-state index contributed by atoms with van der Waals surface area (Å²) in [6.07, 6.45) is 13.6. The molecule has 0 rings (SSSR count). The molecule has 3 N–H and O–H groups in total. The Morgan fingerprint density at radius 2 is 1.62 bits per heavy atom. The van der Waals surface area contributed by atoms with E-state index in [2.05, 4.69) is 12.2 Å². The van der Waals surface area contributed by atoms with Crippen LogP contribution in [0.3, 0.4) is 0 Å². The highest BCUT2D eigenvalue weighted by atomic mass is 16.4. The maximum atomic E-state index is 11.6. The molecule has 140 valence electrons. The largest absolute Gasteiger partial charge is 0.481 e. The molecule has 0 saturated heterocycles. The number of aliphatic hydroxyl groups is 1. The van der Waals surface area contributed by atoms with Crippen LogP contribution < -0.4 is 5.32 Å². The first-order valence-electron chi connectivity index (χ1n) is 9.31. The third-order valence-electron chi connectivity index (χ3n) is 3.91. The molecule has 0 spiro atoms. The molecule has 0 fully saturated rings. The Morgan fingerprint density at radius 1 is 1.04 bits per heavy atom. The number of hydrogen-bond acceptors (Lipinski definition) is 3. The normalized spacial score (nSPS) is 13.8. The molecular weight excluding hydrogens is 306 g/mol. The van der Waals surface area contributed by atoms with E-state index in [0.29, 0.717) is 0 Å². The molecule has 0 aromatic rings. The van der Waals surface area contributed by atoms with Crippen LogP contribution in [0.25, 0.3) is 0 Å². The van der Waals surface area contributed by atoms with E-state index in [1.165, 1.54) is 44.9 Å². The maximum absolute atomic E-state index is 11.6. The lowest BCUT2D eigenvalue weighted by Crippen LogP contribution is -2.32. The van der Waals surface area contributed by atoms with Crippen molar-refractivity contribution >= 4 is 11.9 Å². The fourth-order valence-electron chi connectivity index (χ4n) is 2.43. The fourth-order valence-corrected chi connectivity index (χ4v) is 2.43. The molecule has 5 heteroatoms. The van der Waals surface area contributed by atoms with Crippen LogP contribution in [0.1, 0.15) is 78.1 Å². The van der Waals surface area contributed by atoms with Crippen molar-refractivity contribution < 1.29 is 19.8 Å². The molecular formula is C19H35NO4. The molecule has 0 aromatic heterocycles. The van der Waals surface area contributed by atoms with Crippen LogP contribution in [0.4, 0.5) is 0 Å². The molecule has 0 heterocycles. The number of nitrogens with one attached hydrogen (secondary N) is 1. The summed E-state index contributed by atoms with van der Waals surface area (Å²) in [5, 5.41) is 20.8. The summed E-state index contributed by atoms with van der Waals surface area (Å²) in [4.78, 5) is 22.8. The predicted octanol–water partition coefficient (Wildman–Crippen LogP) is 3.66. The van der Waals surface area contributed by atoms with E-state index in [0.717, 1.165) is 12.8 Å². The van der Waals surface area contributed by atoms with Crippen molar-refractivity contribution in [1.29, 1.82) is 0 Å². The Bertz CT molecular complexity index is 366. The number of allylic oxidation sites excluding steroid dienone is 1. The highest BCUT2D eigenvalue weighted by Crippen LogP contribution is 2.11. The van der Waals surface area contributed by atoms with Crippen LogP contribution in [0, 0.1) is 5.92 Å². The van der Waals surface area contributed by atoms with Gasteiger partial charge in [-0.15, -0.1) is 0 Å². The molecule has 0 aliphatic carbocycles. The zero-order valence-corrected chi connectivity index (χ0v) is 15.3. The zero-order chi connectivity index (χ0) is 18.2. The van der Waals surface area contributed by atoms with E-state index < -0.39 is 18.0 Å². The summed E-state index contributed by atoms with van der Waals surface area (Å²) in [5.74, 6) is -2.14. The molecule has 24 heavy (non-hydrogen) atoms. The molecule has 0 aromatic carbocycles. The third-order valence-corrected chi connectivity index (χ3v) is 3.91. The number of carbonyl (C=O) groups is 2. The van der Waals surface area contributed by atoms with Crippen molar-refractivity contribution in [3.63, 3.8) is 0 Å². The smallest absolute Gasteiger partial charge is 0.310 e. The lowest BCUT2D eigenvalue weighted by molar-refractivity contribution is -0.142. The average Bonchev–Trinajstić information content (AvgIpc) is 2.53. The topological polar surface area (TPSA) is 86.6 Å². The zero-order valence-electron chi connectivity index (χ0n) is 15.3. The monoisotopic (exact) mass is 341 g/mol. The van der Waals surface area contributed by atoms with E-state index in [9.17, 15) is 9.59 Å². The SMILES string of the molecule is CCCCCCCCCCC=CC(CC(=O)NCC(C)O)C(=O)O. The van der Waals surface area contributed by atoms with Crippen LogP contribution >= 0.6 is 0 Å². The number of hydrogen-bond donors (Lipinski definition) is 3. The predicted molar refractivity (Wildman–Crippen MR) is 96.8 cm³/mol. The van der Waals surface area contributed by atoms with Crippen molar-refractivity contribution in [3.05, 3.63) is 12.2 Å². The van der Waals surface area contributed by atoms with Gasteiger partial charge in [-0.05, 0) is 19.8 Å². The number of aliphatic carboxylic acids is 1. The molecule has 1 amide bonds.